The topological polar surface area (TPSA) is 63.8 Å². The average Bonchev–Trinajstić information content (AvgIpc) is 2.78. The van der Waals surface area contributed by atoms with Crippen LogP contribution < -0.4 is 5.32 Å². The molecule has 0 amide bonds. The molecular weight excluding hydrogens is 212 g/mol. The first-order chi connectivity index (χ1) is 7.42. The van der Waals surface area contributed by atoms with Gasteiger partial charge in [0.15, 0.2) is 5.82 Å². The molecule has 0 aromatic carbocycles. The summed E-state index contributed by atoms with van der Waals surface area (Å²) in [7, 11) is 0. The second-order valence-corrected chi connectivity index (χ2v) is 4.26. The SMILES string of the molecule is c1nc(-c2nc(CNC3CC3)no2)cs1. The van der Waals surface area contributed by atoms with Gasteiger partial charge in [-0.15, -0.1) is 11.3 Å². The van der Waals surface area contributed by atoms with Gasteiger partial charge in [0.25, 0.3) is 5.89 Å². The zero-order valence-electron chi connectivity index (χ0n) is 8.01. The van der Waals surface area contributed by atoms with Crippen LogP contribution in [0, 0.1) is 0 Å². The maximum absolute atomic E-state index is 5.10. The Morgan fingerprint density at radius 1 is 1.53 bits per heavy atom. The van der Waals surface area contributed by atoms with E-state index in [2.05, 4.69) is 20.4 Å². The van der Waals surface area contributed by atoms with Gasteiger partial charge in [-0.2, -0.15) is 4.98 Å². The molecule has 0 unspecified atom stereocenters. The zero-order valence-corrected chi connectivity index (χ0v) is 8.83. The predicted molar refractivity (Wildman–Crippen MR) is 55.3 cm³/mol. The molecule has 2 aromatic rings. The van der Waals surface area contributed by atoms with Crippen molar-refractivity contribution in [3.05, 3.63) is 16.7 Å². The fourth-order valence-electron chi connectivity index (χ4n) is 1.27. The third kappa shape index (κ3) is 2.05. The lowest BCUT2D eigenvalue weighted by atomic mass is 10.5. The molecule has 0 aliphatic heterocycles. The predicted octanol–water partition coefficient (Wildman–Crippen LogP) is 1.45. The number of hydrogen-bond donors (Lipinski definition) is 1. The lowest BCUT2D eigenvalue weighted by Crippen LogP contribution is -2.16. The van der Waals surface area contributed by atoms with Crippen LogP contribution in [0.4, 0.5) is 0 Å². The van der Waals surface area contributed by atoms with Crippen molar-refractivity contribution in [2.24, 2.45) is 0 Å². The molecular formula is C9H10N4OS. The average molecular weight is 222 g/mol. The van der Waals surface area contributed by atoms with Gasteiger partial charge in [0.05, 0.1) is 12.1 Å². The van der Waals surface area contributed by atoms with Gasteiger partial charge in [0.1, 0.15) is 5.69 Å². The highest BCUT2D eigenvalue weighted by molar-refractivity contribution is 7.07. The Kier molecular flexibility index (Phi) is 2.22. The highest BCUT2D eigenvalue weighted by Gasteiger charge is 2.21. The maximum Gasteiger partial charge on any atom is 0.277 e. The fraction of sp³-hybridized carbons (Fsp3) is 0.444. The monoisotopic (exact) mass is 222 g/mol. The van der Waals surface area contributed by atoms with Crippen molar-refractivity contribution in [3.63, 3.8) is 0 Å². The Hall–Kier alpha value is -1.27. The highest BCUT2D eigenvalue weighted by atomic mass is 32.1. The van der Waals surface area contributed by atoms with Crippen molar-refractivity contribution in [2.75, 3.05) is 0 Å². The van der Waals surface area contributed by atoms with Crippen LogP contribution in [0.3, 0.4) is 0 Å². The summed E-state index contributed by atoms with van der Waals surface area (Å²) in [5, 5.41) is 9.11. The molecule has 2 aromatic heterocycles. The molecule has 5 nitrogen and oxygen atoms in total. The van der Waals surface area contributed by atoms with Crippen LogP contribution in [0.15, 0.2) is 15.4 Å². The standard InChI is InChI=1S/C9H10N4OS/c1-2-6(1)10-3-8-12-9(14-13-8)7-4-15-5-11-7/h4-6,10H,1-3H2. The molecule has 0 bridgehead atoms. The Morgan fingerprint density at radius 2 is 2.47 bits per heavy atom. The first kappa shape index (κ1) is 8.99. The molecule has 1 aliphatic carbocycles. The van der Waals surface area contributed by atoms with E-state index in [9.17, 15) is 0 Å². The van der Waals surface area contributed by atoms with Gasteiger partial charge in [-0.3, -0.25) is 0 Å². The van der Waals surface area contributed by atoms with Crippen molar-refractivity contribution >= 4 is 11.3 Å². The van der Waals surface area contributed by atoms with E-state index in [1.807, 2.05) is 5.38 Å². The van der Waals surface area contributed by atoms with Crippen LogP contribution in [0.25, 0.3) is 11.6 Å². The summed E-state index contributed by atoms with van der Waals surface area (Å²) in [5.41, 5.74) is 2.51. The van der Waals surface area contributed by atoms with Crippen LogP contribution in [-0.2, 0) is 6.54 Å². The molecule has 0 saturated heterocycles. The van der Waals surface area contributed by atoms with Crippen molar-refractivity contribution in [3.8, 4) is 11.6 Å². The Morgan fingerprint density at radius 3 is 3.20 bits per heavy atom. The van der Waals surface area contributed by atoms with E-state index in [0.29, 0.717) is 24.3 Å². The molecule has 0 spiro atoms. The van der Waals surface area contributed by atoms with Crippen LogP contribution in [-0.4, -0.2) is 21.2 Å². The molecule has 0 atom stereocenters. The lowest BCUT2D eigenvalue weighted by Gasteiger charge is -1.94. The summed E-state index contributed by atoms with van der Waals surface area (Å²) in [6.07, 6.45) is 2.52. The van der Waals surface area contributed by atoms with Crippen LogP contribution in [0.5, 0.6) is 0 Å². The van der Waals surface area contributed by atoms with Crippen LogP contribution in [0.2, 0.25) is 0 Å². The molecule has 6 heteroatoms. The Balaban J connectivity index is 1.69. The van der Waals surface area contributed by atoms with Crippen molar-refractivity contribution in [1.82, 2.24) is 20.4 Å². The van der Waals surface area contributed by atoms with E-state index in [4.69, 9.17) is 4.52 Å². The lowest BCUT2D eigenvalue weighted by molar-refractivity contribution is 0.418. The highest BCUT2D eigenvalue weighted by Crippen LogP contribution is 2.20. The summed E-state index contributed by atoms with van der Waals surface area (Å²) in [5.74, 6) is 1.20. The summed E-state index contributed by atoms with van der Waals surface area (Å²) in [4.78, 5) is 8.37. The molecule has 78 valence electrons. The number of rotatable bonds is 4. The minimum Gasteiger partial charge on any atom is -0.332 e. The van der Waals surface area contributed by atoms with Gasteiger partial charge in [0, 0.05) is 11.4 Å². The summed E-state index contributed by atoms with van der Waals surface area (Å²) in [6.45, 7) is 0.679. The number of aromatic nitrogens is 3. The second-order valence-electron chi connectivity index (χ2n) is 3.54. The number of thiazole rings is 1. The van der Waals surface area contributed by atoms with Gasteiger partial charge in [-0.05, 0) is 12.8 Å². The summed E-state index contributed by atoms with van der Waals surface area (Å²) >= 11 is 1.52. The third-order valence-electron chi connectivity index (χ3n) is 2.25. The molecule has 0 radical (unpaired) electrons. The molecule has 1 aliphatic rings. The fourth-order valence-corrected chi connectivity index (χ4v) is 1.80. The van der Waals surface area contributed by atoms with E-state index in [-0.39, 0.29) is 0 Å². The smallest absolute Gasteiger partial charge is 0.277 e. The van der Waals surface area contributed by atoms with E-state index >= 15 is 0 Å². The van der Waals surface area contributed by atoms with E-state index < -0.39 is 0 Å². The first-order valence-electron chi connectivity index (χ1n) is 4.86. The Bertz CT molecular complexity index is 435. The van der Waals surface area contributed by atoms with Crippen molar-refractivity contribution in [1.29, 1.82) is 0 Å². The molecule has 1 N–H and O–H groups in total. The maximum atomic E-state index is 5.10. The molecule has 3 rings (SSSR count). The zero-order chi connectivity index (χ0) is 10.1. The van der Waals surface area contributed by atoms with Gasteiger partial charge in [0.2, 0.25) is 0 Å². The molecule has 2 heterocycles. The van der Waals surface area contributed by atoms with Crippen LogP contribution >= 0.6 is 11.3 Å². The molecule has 1 fully saturated rings. The quantitative estimate of drug-likeness (QED) is 0.848. The van der Waals surface area contributed by atoms with Gasteiger partial charge >= 0.3 is 0 Å². The van der Waals surface area contributed by atoms with Crippen molar-refractivity contribution in [2.45, 2.75) is 25.4 Å². The van der Waals surface area contributed by atoms with Gasteiger partial charge in [-0.25, -0.2) is 4.98 Å². The van der Waals surface area contributed by atoms with E-state index in [1.54, 1.807) is 5.51 Å². The van der Waals surface area contributed by atoms with E-state index in [0.717, 1.165) is 5.69 Å². The number of nitrogens with one attached hydrogen (secondary N) is 1. The van der Waals surface area contributed by atoms with E-state index in [1.165, 1.54) is 24.2 Å². The first-order valence-corrected chi connectivity index (χ1v) is 5.80. The van der Waals surface area contributed by atoms with Crippen molar-refractivity contribution < 1.29 is 4.52 Å². The largest absolute Gasteiger partial charge is 0.332 e. The summed E-state index contributed by atoms with van der Waals surface area (Å²) < 4.78 is 5.10. The van der Waals surface area contributed by atoms with Gasteiger partial charge < -0.3 is 9.84 Å². The Labute approximate surface area is 90.5 Å². The number of nitrogens with zero attached hydrogens (tertiary/aromatic N) is 3. The second kappa shape index (κ2) is 3.71. The third-order valence-corrected chi connectivity index (χ3v) is 2.83. The summed E-state index contributed by atoms with van der Waals surface area (Å²) in [6, 6.07) is 0.659. The molecule has 1 saturated carbocycles. The molecule has 15 heavy (non-hydrogen) atoms. The van der Waals surface area contributed by atoms with Crippen LogP contribution in [0.1, 0.15) is 18.7 Å². The normalized spacial score (nSPS) is 15.7. The minimum absolute atomic E-state index is 0.504. The minimum atomic E-state index is 0.504. The number of hydrogen-bond acceptors (Lipinski definition) is 6. The van der Waals surface area contributed by atoms with Gasteiger partial charge in [-0.1, -0.05) is 5.16 Å².